The molecule has 13 nitrogen and oxygen atoms in total. The molecule has 6 aliphatic rings. The van der Waals surface area contributed by atoms with Crippen molar-refractivity contribution in [1.82, 2.24) is 25.0 Å². The number of thiazole rings is 1. The maximum Gasteiger partial charge on any atom is 0.262 e. The zero-order valence-electron chi connectivity index (χ0n) is 32.6. The van der Waals surface area contributed by atoms with E-state index in [1.165, 1.54) is 10.9 Å². The van der Waals surface area contributed by atoms with Gasteiger partial charge in [0.2, 0.25) is 11.8 Å². The summed E-state index contributed by atoms with van der Waals surface area (Å²) in [6.45, 7) is 10.9. The van der Waals surface area contributed by atoms with Crippen LogP contribution in [0.3, 0.4) is 0 Å². The molecule has 58 heavy (non-hydrogen) atoms. The fourth-order valence-electron chi connectivity index (χ4n) is 10.2. The molecule has 1 spiro atoms. The van der Waals surface area contributed by atoms with Crippen LogP contribution >= 0.6 is 22.9 Å². The van der Waals surface area contributed by atoms with Crippen molar-refractivity contribution in [1.29, 1.82) is 5.26 Å². The standard InChI is InChI=1S/C42H47ClFN9O4S/c1-26-21-42(25-52(26)29-3-2-27(22-45)33(43)18-29)8-12-51(13-9-42)41-46-23-30(58-41)24-48-10-6-28(7-11-48)49-14-16-50(17-15-49)36-20-32-31(19-34(36)44)39(56)53(40(32)57)35-4-5-37(54)47-38(35)55/h2-3,18-20,23,26,28,35H,4-17,21,24-25H2,1H3,(H,47,54,55)/t26-,35?/m0/s1. The van der Waals surface area contributed by atoms with Crippen LogP contribution in [0.5, 0.6) is 0 Å². The number of halogens is 2. The number of rotatable bonds is 7. The molecule has 7 heterocycles. The molecule has 0 aliphatic carbocycles. The maximum absolute atomic E-state index is 15.5. The summed E-state index contributed by atoms with van der Waals surface area (Å²) in [6.07, 6.45) is 7.66. The minimum Gasteiger partial charge on any atom is -0.368 e. The van der Waals surface area contributed by atoms with Crippen LogP contribution in [0.25, 0.3) is 0 Å². The van der Waals surface area contributed by atoms with Gasteiger partial charge in [0.05, 0.1) is 27.4 Å². The number of imide groups is 2. The van der Waals surface area contributed by atoms with Crippen molar-refractivity contribution in [3.8, 4) is 6.07 Å². The van der Waals surface area contributed by atoms with Gasteiger partial charge in [-0.25, -0.2) is 9.37 Å². The molecule has 4 amide bonds. The number of aromatic nitrogens is 1. The Bertz CT molecular complexity index is 2190. The first-order chi connectivity index (χ1) is 28.0. The highest BCUT2D eigenvalue weighted by Crippen LogP contribution is 2.46. The average molecular weight is 828 g/mol. The van der Waals surface area contributed by atoms with Crippen LogP contribution in [0, 0.1) is 22.6 Å². The number of benzene rings is 2. The second kappa shape index (κ2) is 15.5. The molecule has 3 aromatic rings. The third kappa shape index (κ3) is 7.22. The Morgan fingerprint density at radius 2 is 1.67 bits per heavy atom. The number of fused-ring (bicyclic) bond motifs is 1. The highest BCUT2D eigenvalue weighted by molar-refractivity contribution is 7.15. The Morgan fingerprint density at radius 3 is 2.36 bits per heavy atom. The van der Waals surface area contributed by atoms with E-state index in [9.17, 15) is 24.4 Å². The summed E-state index contributed by atoms with van der Waals surface area (Å²) in [5.74, 6) is -3.03. The molecule has 9 rings (SSSR count). The van der Waals surface area contributed by atoms with Gasteiger partial charge < -0.3 is 14.7 Å². The van der Waals surface area contributed by atoms with Crippen LogP contribution in [0.4, 0.5) is 20.9 Å². The lowest BCUT2D eigenvalue weighted by Crippen LogP contribution is -2.54. The predicted molar refractivity (Wildman–Crippen MR) is 219 cm³/mol. The first-order valence-electron chi connectivity index (χ1n) is 20.4. The summed E-state index contributed by atoms with van der Waals surface area (Å²) in [5, 5.41) is 13.1. The van der Waals surface area contributed by atoms with Crippen molar-refractivity contribution in [2.24, 2.45) is 5.41 Å². The average Bonchev–Trinajstić information content (AvgIpc) is 3.88. The molecule has 2 atom stereocenters. The first kappa shape index (κ1) is 38.9. The molecular formula is C42H47ClFN9O4S. The minimum absolute atomic E-state index is 0.0287. The van der Waals surface area contributed by atoms with Gasteiger partial charge in [0.15, 0.2) is 5.13 Å². The molecule has 0 bridgehead atoms. The number of amides is 4. The zero-order chi connectivity index (χ0) is 40.3. The highest BCUT2D eigenvalue weighted by Gasteiger charge is 2.46. The van der Waals surface area contributed by atoms with Gasteiger partial charge in [-0.2, -0.15) is 5.26 Å². The largest absolute Gasteiger partial charge is 0.368 e. The molecule has 1 unspecified atom stereocenters. The summed E-state index contributed by atoms with van der Waals surface area (Å²) >= 11 is 8.20. The highest BCUT2D eigenvalue weighted by atomic mass is 35.5. The number of piperidine rings is 3. The number of anilines is 3. The topological polar surface area (TPSA) is 136 Å². The Morgan fingerprint density at radius 1 is 0.948 bits per heavy atom. The minimum atomic E-state index is -1.09. The summed E-state index contributed by atoms with van der Waals surface area (Å²) in [6, 6.07) is 10.3. The van der Waals surface area contributed by atoms with E-state index < -0.39 is 35.5 Å². The number of carbonyl (C=O) groups is 4. The van der Waals surface area contributed by atoms with Gasteiger partial charge in [-0.15, -0.1) is 11.3 Å². The number of nitrogens with one attached hydrogen (secondary N) is 1. The fraction of sp³-hybridized carbons (Fsp3) is 0.524. The Kier molecular flexibility index (Phi) is 10.4. The van der Waals surface area contributed by atoms with Crippen LogP contribution in [-0.2, 0) is 16.1 Å². The molecule has 1 N–H and O–H groups in total. The third-order valence-corrected chi connectivity index (χ3v) is 14.8. The Hall–Kier alpha value is -4.62. The molecule has 304 valence electrons. The van der Waals surface area contributed by atoms with Crippen LogP contribution in [0.2, 0.25) is 5.02 Å². The normalized spacial score (nSPS) is 24.5. The second-order valence-electron chi connectivity index (χ2n) is 16.9. The van der Waals surface area contributed by atoms with E-state index >= 15 is 4.39 Å². The molecule has 1 aromatic heterocycles. The Balaban J connectivity index is 0.736. The lowest BCUT2D eigenvalue weighted by atomic mass is 9.77. The van der Waals surface area contributed by atoms with E-state index in [2.05, 4.69) is 44.1 Å². The van der Waals surface area contributed by atoms with Gasteiger partial charge in [0.1, 0.15) is 17.9 Å². The van der Waals surface area contributed by atoms with E-state index in [1.54, 1.807) is 0 Å². The van der Waals surface area contributed by atoms with Crippen molar-refractivity contribution >= 4 is 63.1 Å². The van der Waals surface area contributed by atoms with Crippen molar-refractivity contribution < 1.29 is 23.6 Å². The summed E-state index contributed by atoms with van der Waals surface area (Å²) in [5.41, 5.74) is 2.22. The number of hydrogen-bond acceptors (Lipinski definition) is 12. The summed E-state index contributed by atoms with van der Waals surface area (Å²) in [4.78, 5) is 69.5. The molecule has 5 fully saturated rings. The van der Waals surface area contributed by atoms with E-state index in [0.717, 1.165) is 106 Å². The molecule has 16 heteroatoms. The van der Waals surface area contributed by atoms with E-state index in [4.69, 9.17) is 16.6 Å². The third-order valence-electron chi connectivity index (χ3n) is 13.4. The van der Waals surface area contributed by atoms with Gasteiger partial charge in [-0.1, -0.05) is 11.6 Å². The van der Waals surface area contributed by atoms with E-state index in [0.29, 0.717) is 35.8 Å². The van der Waals surface area contributed by atoms with E-state index in [1.807, 2.05) is 34.4 Å². The fourth-order valence-corrected chi connectivity index (χ4v) is 11.4. The van der Waals surface area contributed by atoms with Crippen LogP contribution in [0.15, 0.2) is 36.5 Å². The van der Waals surface area contributed by atoms with Gasteiger partial charge >= 0.3 is 0 Å². The summed E-state index contributed by atoms with van der Waals surface area (Å²) < 4.78 is 15.5. The number of hydrogen-bond donors (Lipinski definition) is 1. The monoisotopic (exact) mass is 827 g/mol. The molecule has 0 radical (unpaired) electrons. The first-order valence-corrected chi connectivity index (χ1v) is 21.6. The molecular weight excluding hydrogens is 781 g/mol. The van der Waals surface area contributed by atoms with Crippen LogP contribution < -0.4 is 20.0 Å². The van der Waals surface area contributed by atoms with Crippen molar-refractivity contribution in [3.05, 3.63) is 68.9 Å². The van der Waals surface area contributed by atoms with Crippen molar-refractivity contribution in [3.63, 3.8) is 0 Å². The second-order valence-corrected chi connectivity index (χ2v) is 18.4. The number of nitrogens with zero attached hydrogens (tertiary/aromatic N) is 8. The molecule has 2 aromatic carbocycles. The zero-order valence-corrected chi connectivity index (χ0v) is 34.2. The van der Waals surface area contributed by atoms with Crippen molar-refractivity contribution in [2.75, 3.05) is 73.6 Å². The predicted octanol–water partition coefficient (Wildman–Crippen LogP) is 4.88. The van der Waals surface area contributed by atoms with Crippen LogP contribution in [-0.4, -0.2) is 120 Å². The number of piperazine rings is 1. The molecule has 5 saturated heterocycles. The van der Waals surface area contributed by atoms with Crippen molar-refractivity contribution in [2.45, 2.75) is 76.5 Å². The number of nitriles is 1. The van der Waals surface area contributed by atoms with Gasteiger partial charge in [0, 0.05) is 101 Å². The van der Waals surface area contributed by atoms with Crippen LogP contribution in [0.1, 0.15) is 83.0 Å². The lowest BCUT2D eigenvalue weighted by molar-refractivity contribution is -0.136. The lowest BCUT2D eigenvalue weighted by Gasteiger charge is -2.43. The SMILES string of the molecule is C[C@H]1CC2(CCN(c3ncc(CN4CCC(N5CCN(c6cc7c(cc6F)C(=O)N(C6CCC(=O)NC6=O)C7=O)CC5)CC4)s3)CC2)CN1c1ccc(C#N)c(Cl)c1. The van der Waals surface area contributed by atoms with Gasteiger partial charge in [-0.3, -0.25) is 39.2 Å². The molecule has 0 saturated carbocycles. The number of carbonyl (C=O) groups excluding carboxylic acids is 4. The van der Waals surface area contributed by atoms with Gasteiger partial charge in [0.25, 0.3) is 11.8 Å². The Labute approximate surface area is 346 Å². The van der Waals surface area contributed by atoms with Gasteiger partial charge in [-0.05, 0) is 81.2 Å². The maximum atomic E-state index is 15.5. The smallest absolute Gasteiger partial charge is 0.262 e. The van der Waals surface area contributed by atoms with E-state index in [-0.39, 0.29) is 35.1 Å². The number of likely N-dealkylation sites (tertiary alicyclic amines) is 1. The summed E-state index contributed by atoms with van der Waals surface area (Å²) in [7, 11) is 0. The quantitative estimate of drug-likeness (QED) is 0.327. The molecule has 6 aliphatic heterocycles.